The van der Waals surface area contributed by atoms with Gasteiger partial charge in [0.25, 0.3) is 0 Å². The van der Waals surface area contributed by atoms with Gasteiger partial charge in [-0.15, -0.1) is 0 Å². The molecule has 1 atom stereocenters. The van der Waals surface area contributed by atoms with E-state index in [1.165, 1.54) is 5.56 Å². The van der Waals surface area contributed by atoms with Gasteiger partial charge in [0.05, 0.1) is 12.1 Å². The molecule has 0 N–H and O–H groups in total. The van der Waals surface area contributed by atoms with Crippen LogP contribution in [0.2, 0.25) is 0 Å². The van der Waals surface area contributed by atoms with Crippen molar-refractivity contribution in [1.29, 1.82) is 10.5 Å². The van der Waals surface area contributed by atoms with Crippen LogP contribution in [0.25, 0.3) is 0 Å². The number of nitrogens with zero attached hydrogens (tertiary/aromatic N) is 3. The molecule has 3 nitrogen and oxygen atoms in total. The average molecular weight is 343 g/mol. The van der Waals surface area contributed by atoms with Crippen LogP contribution in [-0.2, 0) is 10.8 Å². The second-order valence-electron chi connectivity index (χ2n) is 8.36. The molecule has 0 aliphatic carbocycles. The molecule has 132 valence electrons. The summed E-state index contributed by atoms with van der Waals surface area (Å²) in [6, 6.07) is 19.2. The minimum absolute atomic E-state index is 0.0765. The fraction of sp³-hybridized carbons (Fsp3) is 0.391. The highest BCUT2D eigenvalue weighted by atomic mass is 15.1. The third-order valence-electron chi connectivity index (χ3n) is 5.50. The Bertz CT molecular complexity index is 890. The van der Waals surface area contributed by atoms with Crippen LogP contribution in [0.5, 0.6) is 0 Å². The molecular formula is C23H25N3. The molecule has 0 spiro atoms. The summed E-state index contributed by atoms with van der Waals surface area (Å²) in [5.74, 6) is -0.189. The molecule has 0 radical (unpaired) electrons. The van der Waals surface area contributed by atoms with E-state index in [0.717, 1.165) is 22.4 Å². The maximum Gasteiger partial charge on any atom is 0.179 e. The van der Waals surface area contributed by atoms with Crippen molar-refractivity contribution in [2.45, 2.75) is 44.4 Å². The quantitative estimate of drug-likeness (QED) is 0.746. The summed E-state index contributed by atoms with van der Waals surface area (Å²) in [5, 5.41) is 20.2. The van der Waals surface area contributed by atoms with Crippen LogP contribution in [0.3, 0.4) is 0 Å². The van der Waals surface area contributed by atoms with Gasteiger partial charge in [0.2, 0.25) is 0 Å². The predicted octanol–water partition coefficient (Wildman–Crippen LogP) is 4.81. The molecule has 1 aliphatic heterocycles. The molecule has 1 unspecified atom stereocenters. The number of hydrogen-bond acceptors (Lipinski definition) is 3. The van der Waals surface area contributed by atoms with Gasteiger partial charge in [-0.2, -0.15) is 10.5 Å². The molecule has 1 aliphatic rings. The number of aryl methyl sites for hydroxylation is 1. The number of fused-ring (bicyclic) bond motifs is 1. The van der Waals surface area contributed by atoms with E-state index in [4.69, 9.17) is 0 Å². The van der Waals surface area contributed by atoms with E-state index in [1.807, 2.05) is 32.2 Å². The summed E-state index contributed by atoms with van der Waals surface area (Å²) in [6.45, 7) is 9.20. The number of anilines is 1. The molecule has 1 heterocycles. The van der Waals surface area contributed by atoms with Crippen LogP contribution >= 0.6 is 0 Å². The fourth-order valence-electron chi connectivity index (χ4n) is 3.87. The largest absolute Gasteiger partial charge is 0.374 e. The van der Waals surface area contributed by atoms with Gasteiger partial charge in [-0.1, -0.05) is 62.7 Å². The minimum atomic E-state index is -1.17. The summed E-state index contributed by atoms with van der Waals surface area (Å²) in [5.41, 5.74) is 4.06. The molecule has 0 fully saturated rings. The monoisotopic (exact) mass is 343 g/mol. The summed E-state index contributed by atoms with van der Waals surface area (Å²) >= 11 is 0. The molecule has 26 heavy (non-hydrogen) atoms. The van der Waals surface area contributed by atoms with E-state index in [1.54, 1.807) is 0 Å². The summed E-state index contributed by atoms with van der Waals surface area (Å²) in [6.07, 6.45) is 0. The van der Waals surface area contributed by atoms with E-state index in [2.05, 4.69) is 62.1 Å². The second-order valence-corrected chi connectivity index (χ2v) is 8.36. The number of benzene rings is 2. The zero-order valence-electron chi connectivity index (χ0n) is 16.2. The molecule has 0 bridgehead atoms. The van der Waals surface area contributed by atoms with Crippen molar-refractivity contribution in [1.82, 2.24) is 0 Å². The minimum Gasteiger partial charge on any atom is -0.374 e. The van der Waals surface area contributed by atoms with Gasteiger partial charge in [0.15, 0.2) is 5.41 Å². The first-order valence-corrected chi connectivity index (χ1v) is 8.98. The number of hydrogen-bond donors (Lipinski definition) is 0. The Kier molecular flexibility index (Phi) is 4.29. The lowest BCUT2D eigenvalue weighted by molar-refractivity contribution is 0.504. The maximum absolute atomic E-state index is 10.1. The zero-order valence-corrected chi connectivity index (χ0v) is 16.2. The van der Waals surface area contributed by atoms with Crippen molar-refractivity contribution in [3.63, 3.8) is 0 Å². The van der Waals surface area contributed by atoms with Gasteiger partial charge < -0.3 is 4.90 Å². The van der Waals surface area contributed by atoms with E-state index >= 15 is 0 Å². The Morgan fingerprint density at radius 3 is 2.19 bits per heavy atom. The second kappa shape index (κ2) is 6.19. The van der Waals surface area contributed by atoms with E-state index in [0.29, 0.717) is 6.54 Å². The lowest BCUT2D eigenvalue weighted by Crippen LogP contribution is -2.44. The molecule has 0 amide bonds. The first-order chi connectivity index (χ1) is 12.2. The molecule has 3 heteroatoms. The Labute approximate surface area is 156 Å². The Morgan fingerprint density at radius 2 is 1.65 bits per heavy atom. The molecule has 0 saturated heterocycles. The molecular weight excluding hydrogens is 318 g/mol. The van der Waals surface area contributed by atoms with Gasteiger partial charge >= 0.3 is 0 Å². The maximum atomic E-state index is 10.1. The summed E-state index contributed by atoms with van der Waals surface area (Å²) in [4.78, 5) is 2.16. The van der Waals surface area contributed by atoms with Gasteiger partial charge in [0.1, 0.15) is 0 Å². The molecule has 0 aromatic heterocycles. The molecule has 2 aromatic carbocycles. The van der Waals surface area contributed by atoms with Crippen LogP contribution in [0.4, 0.5) is 5.69 Å². The van der Waals surface area contributed by atoms with Crippen LogP contribution in [-0.4, -0.2) is 13.6 Å². The van der Waals surface area contributed by atoms with Crippen LogP contribution < -0.4 is 4.90 Å². The highest BCUT2D eigenvalue weighted by molar-refractivity contribution is 5.67. The van der Waals surface area contributed by atoms with Gasteiger partial charge in [0, 0.05) is 30.8 Å². The Hall–Kier alpha value is -2.78. The molecule has 0 saturated carbocycles. The standard InChI is InChI=1S/C23H25N3/c1-16-6-11-21-19(12-16)23(14-24,15-25)20(13-26(21)5)17-7-9-18(10-8-17)22(2,3)4/h6-12,20H,13H2,1-5H3. The third kappa shape index (κ3) is 2.74. The number of nitriles is 2. The smallest absolute Gasteiger partial charge is 0.179 e. The fourth-order valence-corrected chi connectivity index (χ4v) is 3.87. The molecule has 2 aromatic rings. The van der Waals surface area contributed by atoms with Crippen molar-refractivity contribution in [3.8, 4) is 12.1 Å². The Morgan fingerprint density at radius 1 is 1.04 bits per heavy atom. The number of likely N-dealkylation sites (N-methyl/N-ethyl adjacent to an activating group) is 1. The first-order valence-electron chi connectivity index (χ1n) is 8.98. The lowest BCUT2D eigenvalue weighted by atomic mass is 9.66. The average Bonchev–Trinajstić information content (AvgIpc) is 2.61. The number of rotatable bonds is 1. The van der Waals surface area contributed by atoms with Gasteiger partial charge in [-0.3, -0.25) is 0 Å². The van der Waals surface area contributed by atoms with Crippen molar-refractivity contribution in [2.75, 3.05) is 18.5 Å². The summed E-state index contributed by atoms with van der Waals surface area (Å²) in [7, 11) is 2.03. The van der Waals surface area contributed by atoms with Crippen molar-refractivity contribution >= 4 is 5.69 Å². The summed E-state index contributed by atoms with van der Waals surface area (Å²) < 4.78 is 0. The highest BCUT2D eigenvalue weighted by Crippen LogP contribution is 2.47. The molecule has 3 rings (SSSR count). The van der Waals surface area contributed by atoms with Crippen LogP contribution in [0.15, 0.2) is 42.5 Å². The van der Waals surface area contributed by atoms with Gasteiger partial charge in [-0.25, -0.2) is 0 Å². The van der Waals surface area contributed by atoms with Crippen molar-refractivity contribution in [3.05, 3.63) is 64.7 Å². The topological polar surface area (TPSA) is 50.8 Å². The predicted molar refractivity (Wildman–Crippen MR) is 105 cm³/mol. The van der Waals surface area contributed by atoms with Crippen LogP contribution in [0.1, 0.15) is 48.9 Å². The Balaban J connectivity index is 2.16. The van der Waals surface area contributed by atoms with Crippen LogP contribution in [0, 0.1) is 29.6 Å². The zero-order chi connectivity index (χ0) is 19.1. The highest BCUT2D eigenvalue weighted by Gasteiger charge is 2.48. The van der Waals surface area contributed by atoms with E-state index < -0.39 is 5.41 Å². The van der Waals surface area contributed by atoms with Gasteiger partial charge in [-0.05, 0) is 29.5 Å². The van der Waals surface area contributed by atoms with E-state index in [-0.39, 0.29) is 11.3 Å². The van der Waals surface area contributed by atoms with Crippen molar-refractivity contribution < 1.29 is 0 Å². The SMILES string of the molecule is Cc1ccc2c(c1)C(C#N)(C#N)C(c1ccc(C(C)(C)C)cc1)CN2C. The lowest BCUT2D eigenvalue weighted by Gasteiger charge is -2.41. The van der Waals surface area contributed by atoms with E-state index in [9.17, 15) is 10.5 Å². The first kappa shape index (κ1) is 18.0. The van der Waals surface area contributed by atoms with Crippen molar-refractivity contribution in [2.24, 2.45) is 0 Å². The third-order valence-corrected chi connectivity index (χ3v) is 5.50. The normalized spacial score (nSPS) is 18.6.